The number of nitrogens with zero attached hydrogens (tertiary/aromatic N) is 1. The van der Waals surface area contributed by atoms with Gasteiger partial charge < -0.3 is 4.90 Å². The third-order valence-electron chi connectivity index (χ3n) is 4.66. The van der Waals surface area contributed by atoms with Gasteiger partial charge in [-0.2, -0.15) is 0 Å². The highest BCUT2D eigenvalue weighted by atomic mass is 15.1. The third-order valence-corrected chi connectivity index (χ3v) is 4.66. The molecule has 1 nitrogen and oxygen atoms in total. The van der Waals surface area contributed by atoms with E-state index in [1.165, 1.54) is 28.1 Å². The number of rotatable bonds is 1. The second kappa shape index (κ2) is 4.37. The lowest BCUT2D eigenvalue weighted by Crippen LogP contribution is -2.30. The summed E-state index contributed by atoms with van der Waals surface area (Å²) in [6, 6.07) is 15.7. The van der Waals surface area contributed by atoms with Crippen molar-refractivity contribution in [2.75, 3.05) is 11.9 Å². The van der Waals surface area contributed by atoms with Crippen LogP contribution in [0.3, 0.4) is 0 Å². The van der Waals surface area contributed by atoms with Crippen LogP contribution in [-0.4, -0.2) is 7.05 Å². The van der Waals surface area contributed by atoms with Crippen molar-refractivity contribution in [3.8, 4) is 0 Å². The van der Waals surface area contributed by atoms with Gasteiger partial charge in [0.2, 0.25) is 0 Å². The van der Waals surface area contributed by atoms with E-state index in [1.807, 2.05) is 0 Å². The van der Waals surface area contributed by atoms with Crippen LogP contribution in [0.4, 0.5) is 11.4 Å². The summed E-state index contributed by atoms with van der Waals surface area (Å²) in [5.41, 5.74) is 6.97. The topological polar surface area (TPSA) is 3.24 Å². The Morgan fingerprint density at radius 2 is 1.55 bits per heavy atom. The molecule has 1 aliphatic rings. The average Bonchev–Trinajstić information content (AvgIpc) is 2.44. The molecule has 0 N–H and O–H groups in total. The third kappa shape index (κ3) is 1.76. The summed E-state index contributed by atoms with van der Waals surface area (Å²) in [4.78, 5) is 2.34. The summed E-state index contributed by atoms with van der Waals surface area (Å²) >= 11 is 0. The molecule has 0 fully saturated rings. The van der Waals surface area contributed by atoms with Crippen molar-refractivity contribution in [2.24, 2.45) is 0 Å². The van der Waals surface area contributed by atoms with Crippen molar-refractivity contribution in [1.82, 2.24) is 0 Å². The molecule has 0 saturated heterocycles. The van der Waals surface area contributed by atoms with Crippen LogP contribution >= 0.6 is 0 Å². The Hall–Kier alpha value is -1.76. The first-order valence-corrected chi connectivity index (χ1v) is 7.40. The second-order valence-electron chi connectivity index (χ2n) is 6.63. The van der Waals surface area contributed by atoms with Crippen LogP contribution in [0.1, 0.15) is 50.3 Å². The molecule has 1 aliphatic heterocycles. The Kier molecular flexibility index (Phi) is 2.89. The van der Waals surface area contributed by atoms with Crippen LogP contribution in [0.2, 0.25) is 0 Å². The SMILES string of the molecule is CC(C)c1ccc2c(c1)N(C)c1ccccc1C2(C)C. The van der Waals surface area contributed by atoms with Gasteiger partial charge in [-0.15, -0.1) is 0 Å². The first-order valence-electron chi connectivity index (χ1n) is 7.40. The molecular formula is C19H23N. The quantitative estimate of drug-likeness (QED) is 0.683. The largest absolute Gasteiger partial charge is 0.344 e. The number of hydrogen-bond acceptors (Lipinski definition) is 1. The highest BCUT2D eigenvalue weighted by Gasteiger charge is 2.34. The van der Waals surface area contributed by atoms with Gasteiger partial charge in [0.05, 0.1) is 0 Å². The van der Waals surface area contributed by atoms with E-state index in [1.54, 1.807) is 0 Å². The Bertz CT molecular complexity index is 653. The standard InChI is InChI=1S/C19H23N/c1-13(2)14-10-11-16-18(12-14)20(5)17-9-7-6-8-15(17)19(16,3)4/h6-13H,1-5H3. The van der Waals surface area contributed by atoms with Crippen LogP contribution in [0, 0.1) is 0 Å². The number of fused-ring (bicyclic) bond motifs is 2. The predicted molar refractivity (Wildman–Crippen MR) is 87.2 cm³/mol. The molecule has 3 rings (SSSR count). The minimum atomic E-state index is 0.0634. The molecule has 0 saturated carbocycles. The number of hydrogen-bond donors (Lipinski definition) is 0. The maximum absolute atomic E-state index is 2.36. The maximum atomic E-state index is 2.36. The van der Waals surface area contributed by atoms with Gasteiger partial charge in [0.1, 0.15) is 0 Å². The predicted octanol–water partition coefficient (Wildman–Crippen LogP) is 5.22. The summed E-state index contributed by atoms with van der Waals surface area (Å²) in [6.45, 7) is 9.16. The van der Waals surface area contributed by atoms with Crippen molar-refractivity contribution in [3.63, 3.8) is 0 Å². The fraction of sp³-hybridized carbons (Fsp3) is 0.368. The molecule has 0 unspecified atom stereocenters. The van der Waals surface area contributed by atoms with Gasteiger partial charge >= 0.3 is 0 Å². The van der Waals surface area contributed by atoms with Gasteiger partial charge in [-0.05, 0) is 34.7 Å². The molecular weight excluding hydrogens is 242 g/mol. The summed E-state index contributed by atoms with van der Waals surface area (Å²) in [7, 11) is 2.18. The summed E-state index contributed by atoms with van der Waals surface area (Å²) in [5.74, 6) is 0.564. The molecule has 0 aliphatic carbocycles. The Balaban J connectivity index is 2.25. The summed E-state index contributed by atoms with van der Waals surface area (Å²) < 4.78 is 0. The van der Waals surface area contributed by atoms with Gasteiger partial charge in [0.15, 0.2) is 0 Å². The van der Waals surface area contributed by atoms with E-state index < -0.39 is 0 Å². The normalized spacial score (nSPS) is 16.0. The van der Waals surface area contributed by atoms with Crippen LogP contribution < -0.4 is 4.90 Å². The van der Waals surface area contributed by atoms with E-state index in [0.717, 1.165) is 0 Å². The lowest BCUT2D eigenvalue weighted by molar-refractivity contribution is 0.628. The van der Waals surface area contributed by atoms with Crippen molar-refractivity contribution in [3.05, 3.63) is 59.2 Å². The van der Waals surface area contributed by atoms with Crippen molar-refractivity contribution in [2.45, 2.75) is 39.0 Å². The molecule has 20 heavy (non-hydrogen) atoms. The molecule has 1 heterocycles. The average molecular weight is 265 g/mol. The molecule has 2 aromatic rings. The lowest BCUT2D eigenvalue weighted by atomic mass is 9.73. The fourth-order valence-corrected chi connectivity index (χ4v) is 3.28. The van der Waals surface area contributed by atoms with E-state index in [4.69, 9.17) is 0 Å². The zero-order valence-electron chi connectivity index (χ0n) is 13.1. The van der Waals surface area contributed by atoms with E-state index in [9.17, 15) is 0 Å². The zero-order chi connectivity index (χ0) is 14.5. The van der Waals surface area contributed by atoms with E-state index in [-0.39, 0.29) is 5.41 Å². The van der Waals surface area contributed by atoms with Crippen LogP contribution in [0.25, 0.3) is 0 Å². The van der Waals surface area contributed by atoms with Gasteiger partial charge in [0, 0.05) is 23.8 Å². The first-order chi connectivity index (χ1) is 9.43. The van der Waals surface area contributed by atoms with E-state index in [2.05, 4.69) is 82.1 Å². The number of benzene rings is 2. The molecule has 0 atom stereocenters. The lowest BCUT2D eigenvalue weighted by Gasteiger charge is -2.40. The zero-order valence-corrected chi connectivity index (χ0v) is 13.1. The Labute approximate surface area is 122 Å². The smallest absolute Gasteiger partial charge is 0.0452 e. The van der Waals surface area contributed by atoms with Crippen LogP contribution in [0.15, 0.2) is 42.5 Å². The molecule has 104 valence electrons. The van der Waals surface area contributed by atoms with Crippen LogP contribution in [0.5, 0.6) is 0 Å². The minimum absolute atomic E-state index is 0.0634. The maximum Gasteiger partial charge on any atom is 0.0452 e. The fourth-order valence-electron chi connectivity index (χ4n) is 3.28. The monoisotopic (exact) mass is 265 g/mol. The minimum Gasteiger partial charge on any atom is -0.344 e. The van der Waals surface area contributed by atoms with Gasteiger partial charge in [0.25, 0.3) is 0 Å². The molecule has 1 heteroatoms. The highest BCUT2D eigenvalue weighted by molar-refractivity contribution is 5.77. The van der Waals surface area contributed by atoms with Crippen molar-refractivity contribution < 1.29 is 0 Å². The van der Waals surface area contributed by atoms with Crippen molar-refractivity contribution >= 4 is 11.4 Å². The second-order valence-corrected chi connectivity index (χ2v) is 6.63. The number of anilines is 2. The van der Waals surface area contributed by atoms with Crippen LogP contribution in [-0.2, 0) is 5.41 Å². The highest BCUT2D eigenvalue weighted by Crippen LogP contribution is 2.48. The molecule has 2 aromatic carbocycles. The van der Waals surface area contributed by atoms with Crippen molar-refractivity contribution in [1.29, 1.82) is 0 Å². The Morgan fingerprint density at radius 1 is 0.900 bits per heavy atom. The molecule has 0 radical (unpaired) electrons. The van der Waals surface area contributed by atoms with Gasteiger partial charge in [-0.3, -0.25) is 0 Å². The Morgan fingerprint density at radius 3 is 2.25 bits per heavy atom. The van der Waals surface area contributed by atoms with E-state index in [0.29, 0.717) is 5.92 Å². The molecule has 0 spiro atoms. The van der Waals surface area contributed by atoms with Gasteiger partial charge in [-0.25, -0.2) is 0 Å². The van der Waals surface area contributed by atoms with E-state index >= 15 is 0 Å². The van der Waals surface area contributed by atoms with Gasteiger partial charge in [-0.1, -0.05) is 58.0 Å². The number of para-hydroxylation sites is 1. The molecule has 0 aromatic heterocycles. The molecule has 0 amide bonds. The summed E-state index contributed by atoms with van der Waals surface area (Å²) in [6.07, 6.45) is 0. The molecule has 0 bridgehead atoms. The summed E-state index contributed by atoms with van der Waals surface area (Å²) in [5, 5.41) is 0. The first kappa shape index (κ1) is 13.2.